The van der Waals surface area contributed by atoms with Gasteiger partial charge in [-0.2, -0.15) is 5.10 Å². The van der Waals surface area contributed by atoms with Crippen LogP contribution in [0.15, 0.2) is 29.3 Å². The maximum atomic E-state index is 12.3. The zero-order chi connectivity index (χ0) is 20.0. The molecular weight excluding hydrogens is 366 g/mol. The first kappa shape index (κ1) is 18.9. The van der Waals surface area contributed by atoms with E-state index in [-0.39, 0.29) is 5.56 Å². The molecule has 154 valence electrons. The monoisotopic (exact) mass is 395 g/mol. The average molecular weight is 396 g/mol. The number of rotatable bonds is 6. The van der Waals surface area contributed by atoms with Gasteiger partial charge >= 0.3 is 0 Å². The predicted octanol–water partition coefficient (Wildman–Crippen LogP) is 2.03. The van der Waals surface area contributed by atoms with Gasteiger partial charge in [0.2, 0.25) is 0 Å². The summed E-state index contributed by atoms with van der Waals surface area (Å²) in [6.07, 6.45) is 10.5. The van der Waals surface area contributed by atoms with Crippen molar-refractivity contribution in [3.05, 3.63) is 52.0 Å². The normalized spacial score (nSPS) is 29.3. The van der Waals surface area contributed by atoms with Gasteiger partial charge in [0.15, 0.2) is 0 Å². The molecule has 0 radical (unpaired) electrons. The lowest BCUT2D eigenvalue weighted by Crippen LogP contribution is -2.53. The van der Waals surface area contributed by atoms with E-state index >= 15 is 0 Å². The fourth-order valence-corrected chi connectivity index (χ4v) is 5.11. The van der Waals surface area contributed by atoms with Crippen LogP contribution in [0.5, 0.6) is 0 Å². The van der Waals surface area contributed by atoms with Gasteiger partial charge in [-0.05, 0) is 44.6 Å². The van der Waals surface area contributed by atoms with Gasteiger partial charge in [-0.25, -0.2) is 14.6 Å². The van der Waals surface area contributed by atoms with Gasteiger partial charge in [-0.15, -0.1) is 0 Å². The molecule has 3 aliphatic rings. The molecule has 3 fully saturated rings. The third-order valence-corrected chi connectivity index (χ3v) is 6.77. The smallest absolute Gasteiger partial charge is 0.266 e. The maximum Gasteiger partial charge on any atom is 0.266 e. The summed E-state index contributed by atoms with van der Waals surface area (Å²) in [5, 5.41) is 15.9. The summed E-state index contributed by atoms with van der Waals surface area (Å²) in [5.74, 6) is 1.37. The molecular formula is C22H29N5O2. The van der Waals surface area contributed by atoms with Crippen molar-refractivity contribution in [1.29, 1.82) is 0 Å². The Kier molecular flexibility index (Phi) is 4.75. The molecule has 4 heterocycles. The Morgan fingerprint density at radius 1 is 1.10 bits per heavy atom. The van der Waals surface area contributed by atoms with Crippen LogP contribution < -0.4 is 5.56 Å². The van der Waals surface area contributed by atoms with Gasteiger partial charge in [0, 0.05) is 55.0 Å². The highest BCUT2D eigenvalue weighted by Crippen LogP contribution is 2.42. The minimum absolute atomic E-state index is 0.120. The van der Waals surface area contributed by atoms with E-state index in [9.17, 15) is 9.90 Å². The highest BCUT2D eigenvalue weighted by molar-refractivity contribution is 5.13. The summed E-state index contributed by atoms with van der Waals surface area (Å²) in [6.45, 7) is 3.17. The largest absolute Gasteiger partial charge is 0.388 e. The fraction of sp³-hybridized carbons (Fsp3) is 0.636. The second-order valence-corrected chi connectivity index (χ2v) is 9.08. The first-order valence-electron chi connectivity index (χ1n) is 10.9. The van der Waals surface area contributed by atoms with Gasteiger partial charge < -0.3 is 5.11 Å². The van der Waals surface area contributed by atoms with Crippen molar-refractivity contribution in [2.75, 3.05) is 0 Å². The van der Waals surface area contributed by atoms with E-state index < -0.39 is 5.60 Å². The van der Waals surface area contributed by atoms with Crippen molar-refractivity contribution < 1.29 is 5.11 Å². The van der Waals surface area contributed by atoms with Gasteiger partial charge in [0.1, 0.15) is 5.82 Å². The molecule has 1 N–H and O–H groups in total. The highest BCUT2D eigenvalue weighted by Gasteiger charge is 2.47. The minimum Gasteiger partial charge on any atom is -0.388 e. The summed E-state index contributed by atoms with van der Waals surface area (Å²) >= 11 is 0. The second-order valence-electron chi connectivity index (χ2n) is 9.08. The second kappa shape index (κ2) is 7.29. The van der Waals surface area contributed by atoms with Gasteiger partial charge in [-0.1, -0.05) is 6.92 Å². The van der Waals surface area contributed by atoms with E-state index in [1.165, 1.54) is 4.68 Å². The summed E-state index contributed by atoms with van der Waals surface area (Å²) in [4.78, 5) is 23.7. The number of aliphatic hydroxyl groups is 1. The zero-order valence-corrected chi connectivity index (χ0v) is 17.0. The molecule has 7 nitrogen and oxygen atoms in total. The van der Waals surface area contributed by atoms with E-state index in [2.05, 4.69) is 26.9 Å². The SMILES string of the molecule is CCc1ncc(CN2[C@H]3CC[C@H]2CC(O)(Cn2nc(C4CC4)ccc2=O)C3)cn1. The Hall–Kier alpha value is -2.12. The third kappa shape index (κ3) is 3.85. The van der Waals surface area contributed by atoms with Crippen LogP contribution >= 0.6 is 0 Å². The maximum absolute atomic E-state index is 12.3. The van der Waals surface area contributed by atoms with Crippen molar-refractivity contribution in [2.24, 2.45) is 0 Å². The topological polar surface area (TPSA) is 84.1 Å². The number of piperidine rings is 1. The lowest BCUT2D eigenvalue weighted by molar-refractivity contribution is -0.0678. The third-order valence-electron chi connectivity index (χ3n) is 6.77. The van der Waals surface area contributed by atoms with Gasteiger partial charge in [0.05, 0.1) is 17.8 Å². The van der Waals surface area contributed by atoms with E-state index in [1.54, 1.807) is 6.07 Å². The first-order chi connectivity index (χ1) is 14.0. The minimum atomic E-state index is -0.871. The van der Waals surface area contributed by atoms with Crippen molar-refractivity contribution >= 4 is 0 Å². The predicted molar refractivity (Wildman–Crippen MR) is 108 cm³/mol. The molecule has 2 aromatic heterocycles. The van der Waals surface area contributed by atoms with Gasteiger partial charge in [-0.3, -0.25) is 9.69 Å². The number of hydrogen-bond acceptors (Lipinski definition) is 6. The summed E-state index contributed by atoms with van der Waals surface area (Å²) in [7, 11) is 0. The van der Waals surface area contributed by atoms with Crippen molar-refractivity contribution in [3.63, 3.8) is 0 Å². The molecule has 0 spiro atoms. The number of nitrogens with zero attached hydrogens (tertiary/aromatic N) is 5. The molecule has 2 bridgehead atoms. The molecule has 2 atom stereocenters. The quantitative estimate of drug-likeness (QED) is 0.806. The molecule has 1 aliphatic carbocycles. The van der Waals surface area contributed by atoms with Crippen LogP contribution in [-0.4, -0.2) is 47.4 Å². The van der Waals surface area contributed by atoms with E-state index in [0.717, 1.165) is 55.7 Å². The van der Waals surface area contributed by atoms with Crippen LogP contribution in [0.2, 0.25) is 0 Å². The fourth-order valence-electron chi connectivity index (χ4n) is 5.11. The number of aryl methyl sites for hydroxylation is 1. The Morgan fingerprint density at radius 3 is 2.41 bits per heavy atom. The number of fused-ring (bicyclic) bond motifs is 2. The van der Waals surface area contributed by atoms with Crippen molar-refractivity contribution in [1.82, 2.24) is 24.6 Å². The van der Waals surface area contributed by atoms with Crippen molar-refractivity contribution in [2.45, 2.75) is 88.6 Å². The Labute approximate surface area is 170 Å². The zero-order valence-electron chi connectivity index (χ0n) is 17.0. The van der Waals surface area contributed by atoms with Crippen LogP contribution in [-0.2, 0) is 19.5 Å². The molecule has 7 heteroatoms. The molecule has 0 aromatic carbocycles. The van der Waals surface area contributed by atoms with E-state index in [4.69, 9.17) is 0 Å². The molecule has 2 aliphatic heterocycles. The highest BCUT2D eigenvalue weighted by atomic mass is 16.3. The van der Waals surface area contributed by atoms with Crippen LogP contribution in [0.25, 0.3) is 0 Å². The summed E-state index contributed by atoms with van der Waals surface area (Å²) < 4.78 is 1.50. The Balaban J connectivity index is 1.30. The van der Waals surface area contributed by atoms with Gasteiger partial charge in [0.25, 0.3) is 5.56 Å². The van der Waals surface area contributed by atoms with Crippen LogP contribution in [0, 0.1) is 0 Å². The molecule has 0 unspecified atom stereocenters. The Morgan fingerprint density at radius 2 is 1.79 bits per heavy atom. The first-order valence-corrected chi connectivity index (χ1v) is 10.9. The summed E-state index contributed by atoms with van der Waals surface area (Å²) in [5.41, 5.74) is 1.12. The molecule has 0 amide bonds. The number of hydrogen-bond donors (Lipinski definition) is 1. The molecule has 2 aromatic rings. The standard InChI is InChI=1S/C22H29N5O2/c1-2-20-23-11-15(12-24-20)13-26-17-5-6-18(26)10-22(29,9-17)14-27-21(28)8-7-19(25-27)16-3-4-16/h7-8,11-12,16-18,29H,2-6,9-10,13-14H2,1H3/t17-,18-/m0/s1. The Bertz CT molecular complexity index is 923. The molecule has 5 rings (SSSR count). The molecule has 29 heavy (non-hydrogen) atoms. The number of aromatic nitrogens is 4. The lowest BCUT2D eigenvalue weighted by Gasteiger charge is -2.43. The average Bonchev–Trinajstić information content (AvgIpc) is 3.52. The van der Waals surface area contributed by atoms with Crippen LogP contribution in [0.3, 0.4) is 0 Å². The molecule has 2 saturated heterocycles. The summed E-state index contributed by atoms with van der Waals surface area (Å²) in [6, 6.07) is 4.10. The van der Waals surface area contributed by atoms with E-state index in [1.807, 2.05) is 18.5 Å². The molecule has 1 saturated carbocycles. The van der Waals surface area contributed by atoms with Crippen molar-refractivity contribution in [3.8, 4) is 0 Å². The van der Waals surface area contributed by atoms with Crippen LogP contribution in [0.4, 0.5) is 0 Å². The van der Waals surface area contributed by atoms with Crippen LogP contribution in [0.1, 0.15) is 68.4 Å². The van der Waals surface area contributed by atoms with E-state index in [0.29, 0.717) is 37.4 Å². The lowest BCUT2D eigenvalue weighted by atomic mass is 9.85.